The molecule has 5 heteroatoms. The number of hydrogen-bond acceptors (Lipinski definition) is 4. The lowest BCUT2D eigenvalue weighted by Gasteiger charge is -2.07. The fraction of sp³-hybridized carbons (Fsp3) is 0.0667. The van der Waals surface area contributed by atoms with Gasteiger partial charge in [-0.25, -0.2) is 9.78 Å². The number of pyridine rings is 1. The summed E-state index contributed by atoms with van der Waals surface area (Å²) in [6, 6.07) is 12.0. The van der Waals surface area contributed by atoms with E-state index in [-0.39, 0.29) is 5.75 Å². The number of rotatable bonds is 2. The molecule has 0 aliphatic rings. The number of esters is 1. The molecule has 5 nitrogen and oxygen atoms in total. The molecule has 0 unspecified atom stereocenters. The molecule has 3 aromatic rings. The first kappa shape index (κ1) is 12.2. The van der Waals surface area contributed by atoms with Crippen molar-refractivity contribution in [2.45, 2.75) is 0 Å². The maximum absolute atomic E-state index is 11.9. The number of benzene rings is 1. The Labute approximate surface area is 115 Å². The third-order valence-electron chi connectivity index (χ3n) is 3.05. The van der Waals surface area contributed by atoms with Gasteiger partial charge in [0.05, 0.1) is 18.8 Å². The minimum atomic E-state index is -0.435. The van der Waals surface area contributed by atoms with Crippen LogP contribution in [0, 0.1) is 0 Å². The fourth-order valence-corrected chi connectivity index (χ4v) is 2.16. The molecule has 20 heavy (non-hydrogen) atoms. The van der Waals surface area contributed by atoms with Crippen molar-refractivity contribution >= 4 is 11.5 Å². The predicted octanol–water partition coefficient (Wildman–Crippen LogP) is 2.49. The minimum Gasteiger partial charge on any atom is -0.508 e. The highest BCUT2D eigenvalue weighted by atomic mass is 16.5. The summed E-state index contributed by atoms with van der Waals surface area (Å²) >= 11 is 0. The smallest absolute Gasteiger partial charge is 0.355 e. The van der Waals surface area contributed by atoms with Crippen LogP contribution < -0.4 is 0 Å². The molecule has 2 heterocycles. The first-order chi connectivity index (χ1) is 9.70. The van der Waals surface area contributed by atoms with E-state index in [2.05, 4.69) is 4.98 Å². The standard InChI is InChI=1S/C15H12N2O3/c1-20-15(19)13-7-3-5-11-9-16-14(17(11)13)10-4-2-6-12(18)8-10/h2-9,18H,1H3. The zero-order valence-electron chi connectivity index (χ0n) is 10.8. The Morgan fingerprint density at radius 3 is 2.80 bits per heavy atom. The van der Waals surface area contributed by atoms with Gasteiger partial charge in [-0.3, -0.25) is 4.40 Å². The molecule has 0 saturated heterocycles. The van der Waals surface area contributed by atoms with Gasteiger partial charge in [-0.05, 0) is 24.3 Å². The molecule has 0 aliphatic heterocycles. The van der Waals surface area contributed by atoms with Crippen molar-refractivity contribution in [3.63, 3.8) is 0 Å². The molecule has 2 aromatic heterocycles. The Morgan fingerprint density at radius 1 is 1.25 bits per heavy atom. The maximum Gasteiger partial charge on any atom is 0.355 e. The number of carbonyl (C=O) groups is 1. The number of phenols is 1. The van der Waals surface area contributed by atoms with Gasteiger partial charge < -0.3 is 9.84 Å². The number of aromatic nitrogens is 2. The molecule has 0 bridgehead atoms. The number of imidazole rings is 1. The Morgan fingerprint density at radius 2 is 2.05 bits per heavy atom. The van der Waals surface area contributed by atoms with Crippen molar-refractivity contribution in [3.8, 4) is 17.1 Å². The first-order valence-corrected chi connectivity index (χ1v) is 6.05. The monoisotopic (exact) mass is 268 g/mol. The van der Waals surface area contributed by atoms with Crippen LogP contribution >= 0.6 is 0 Å². The number of fused-ring (bicyclic) bond motifs is 1. The molecular weight excluding hydrogens is 256 g/mol. The van der Waals surface area contributed by atoms with Crippen LogP contribution in [-0.2, 0) is 4.74 Å². The second-order valence-electron chi connectivity index (χ2n) is 4.30. The van der Waals surface area contributed by atoms with Gasteiger partial charge in [0, 0.05) is 5.56 Å². The summed E-state index contributed by atoms with van der Waals surface area (Å²) in [5.74, 6) is 0.293. The van der Waals surface area contributed by atoms with Gasteiger partial charge in [0.15, 0.2) is 0 Å². The van der Waals surface area contributed by atoms with Crippen molar-refractivity contribution in [1.29, 1.82) is 0 Å². The highest BCUT2D eigenvalue weighted by molar-refractivity contribution is 5.89. The number of methoxy groups -OCH3 is 1. The lowest BCUT2D eigenvalue weighted by molar-refractivity contribution is 0.0592. The van der Waals surface area contributed by atoms with Gasteiger partial charge in [0.2, 0.25) is 0 Å². The fourth-order valence-electron chi connectivity index (χ4n) is 2.16. The lowest BCUT2D eigenvalue weighted by Crippen LogP contribution is -2.08. The molecule has 0 saturated carbocycles. The molecule has 3 rings (SSSR count). The van der Waals surface area contributed by atoms with Gasteiger partial charge >= 0.3 is 5.97 Å². The SMILES string of the molecule is COC(=O)c1cccc2cnc(-c3cccc(O)c3)n12. The summed E-state index contributed by atoms with van der Waals surface area (Å²) in [7, 11) is 1.34. The van der Waals surface area contributed by atoms with E-state index in [4.69, 9.17) is 4.74 Å². The number of carbonyl (C=O) groups excluding carboxylic acids is 1. The van der Waals surface area contributed by atoms with E-state index >= 15 is 0 Å². The van der Waals surface area contributed by atoms with Crippen molar-refractivity contribution < 1.29 is 14.6 Å². The van der Waals surface area contributed by atoms with Crippen molar-refractivity contribution in [1.82, 2.24) is 9.38 Å². The molecule has 1 aromatic carbocycles. The molecule has 0 atom stereocenters. The Kier molecular flexibility index (Phi) is 2.87. The van der Waals surface area contributed by atoms with Crippen LogP contribution in [0.4, 0.5) is 0 Å². The summed E-state index contributed by atoms with van der Waals surface area (Å²) in [4.78, 5) is 16.2. The minimum absolute atomic E-state index is 0.148. The van der Waals surface area contributed by atoms with Crippen LogP contribution in [-0.4, -0.2) is 27.6 Å². The number of phenolic OH excluding ortho intramolecular Hbond substituents is 1. The Balaban J connectivity index is 2.29. The Bertz CT molecular complexity index is 793. The van der Waals surface area contributed by atoms with E-state index in [0.29, 0.717) is 11.5 Å². The van der Waals surface area contributed by atoms with Crippen LogP contribution in [0.3, 0.4) is 0 Å². The quantitative estimate of drug-likeness (QED) is 0.725. The summed E-state index contributed by atoms with van der Waals surface area (Å²) in [6.07, 6.45) is 1.67. The van der Waals surface area contributed by atoms with Crippen molar-refractivity contribution in [2.24, 2.45) is 0 Å². The molecule has 0 spiro atoms. The molecule has 100 valence electrons. The molecule has 1 N–H and O–H groups in total. The van der Waals surface area contributed by atoms with E-state index in [9.17, 15) is 9.90 Å². The third kappa shape index (κ3) is 1.89. The number of nitrogens with zero attached hydrogens (tertiary/aromatic N) is 2. The third-order valence-corrected chi connectivity index (χ3v) is 3.05. The lowest BCUT2D eigenvalue weighted by atomic mass is 10.2. The van der Waals surface area contributed by atoms with Crippen molar-refractivity contribution in [3.05, 3.63) is 54.4 Å². The van der Waals surface area contributed by atoms with E-state index in [0.717, 1.165) is 11.1 Å². The van der Waals surface area contributed by atoms with Crippen LogP contribution in [0.2, 0.25) is 0 Å². The van der Waals surface area contributed by atoms with Crippen LogP contribution in [0.1, 0.15) is 10.5 Å². The van der Waals surface area contributed by atoms with E-state index in [1.54, 1.807) is 40.9 Å². The second kappa shape index (κ2) is 4.70. The molecule has 0 amide bonds. The predicted molar refractivity (Wildman–Crippen MR) is 73.6 cm³/mol. The summed E-state index contributed by atoms with van der Waals surface area (Å²) in [5.41, 5.74) is 1.90. The molecular formula is C15H12N2O3. The van der Waals surface area contributed by atoms with E-state index < -0.39 is 5.97 Å². The molecule has 0 aliphatic carbocycles. The number of hydrogen-bond donors (Lipinski definition) is 1. The summed E-state index contributed by atoms with van der Waals surface area (Å²) in [6.45, 7) is 0. The first-order valence-electron chi connectivity index (χ1n) is 6.05. The summed E-state index contributed by atoms with van der Waals surface area (Å²) in [5, 5.41) is 9.58. The highest BCUT2D eigenvalue weighted by Crippen LogP contribution is 2.24. The van der Waals surface area contributed by atoms with Gasteiger partial charge in [0.25, 0.3) is 0 Å². The van der Waals surface area contributed by atoms with Gasteiger partial charge in [-0.2, -0.15) is 0 Å². The van der Waals surface area contributed by atoms with Crippen molar-refractivity contribution in [2.75, 3.05) is 7.11 Å². The highest BCUT2D eigenvalue weighted by Gasteiger charge is 2.15. The summed E-state index contributed by atoms with van der Waals surface area (Å²) < 4.78 is 6.50. The van der Waals surface area contributed by atoms with Crippen LogP contribution in [0.25, 0.3) is 16.9 Å². The second-order valence-corrected chi connectivity index (χ2v) is 4.30. The Hall–Kier alpha value is -2.82. The zero-order chi connectivity index (χ0) is 14.1. The average Bonchev–Trinajstić information content (AvgIpc) is 2.90. The number of ether oxygens (including phenoxy) is 1. The topological polar surface area (TPSA) is 63.8 Å². The zero-order valence-corrected chi connectivity index (χ0v) is 10.8. The van der Waals surface area contributed by atoms with Gasteiger partial charge in [0.1, 0.15) is 17.3 Å². The van der Waals surface area contributed by atoms with Gasteiger partial charge in [-0.15, -0.1) is 0 Å². The largest absolute Gasteiger partial charge is 0.508 e. The number of aromatic hydroxyl groups is 1. The molecule has 0 fully saturated rings. The van der Waals surface area contributed by atoms with Crippen LogP contribution in [0.15, 0.2) is 48.7 Å². The molecule has 0 radical (unpaired) electrons. The average molecular weight is 268 g/mol. The normalized spacial score (nSPS) is 10.7. The van der Waals surface area contributed by atoms with Gasteiger partial charge in [-0.1, -0.05) is 18.2 Å². The van der Waals surface area contributed by atoms with Crippen LogP contribution in [0.5, 0.6) is 5.75 Å². The van der Waals surface area contributed by atoms with E-state index in [1.165, 1.54) is 7.11 Å². The maximum atomic E-state index is 11.9. The van der Waals surface area contributed by atoms with E-state index in [1.807, 2.05) is 12.1 Å².